The number of piperidine rings is 1. The molecule has 3 aromatic rings. The summed E-state index contributed by atoms with van der Waals surface area (Å²) in [5.41, 5.74) is 1.29. The van der Waals surface area contributed by atoms with Crippen molar-refractivity contribution in [2.75, 3.05) is 20.2 Å². The highest BCUT2D eigenvalue weighted by Gasteiger charge is 2.54. The van der Waals surface area contributed by atoms with Crippen LogP contribution in [0.2, 0.25) is 0 Å². The number of halogens is 3. The molecule has 1 N–H and O–H groups in total. The first-order valence-electron chi connectivity index (χ1n) is 12.0. The molecule has 2 aromatic carbocycles. The van der Waals surface area contributed by atoms with Gasteiger partial charge in [0.05, 0.1) is 28.6 Å². The number of carbonyl (C=O) groups is 2. The van der Waals surface area contributed by atoms with Crippen LogP contribution in [0.15, 0.2) is 42.5 Å². The summed E-state index contributed by atoms with van der Waals surface area (Å²) in [7, 11) is 1.15. The number of nitrogens with zero attached hydrogens (tertiary/aromatic N) is 2. The highest BCUT2D eigenvalue weighted by atomic mass is 32.1. The summed E-state index contributed by atoms with van der Waals surface area (Å²) in [6.45, 7) is 4.59. The molecule has 0 unspecified atom stereocenters. The van der Waals surface area contributed by atoms with E-state index in [-0.39, 0.29) is 35.7 Å². The molecule has 10 heteroatoms. The molecular weight excluding hydrogens is 503 g/mol. The quantitative estimate of drug-likeness (QED) is 0.468. The summed E-state index contributed by atoms with van der Waals surface area (Å²) in [6, 6.07) is 10.9. The first-order chi connectivity index (χ1) is 17.6. The minimum absolute atomic E-state index is 0.117. The zero-order valence-electron chi connectivity index (χ0n) is 20.6. The zero-order chi connectivity index (χ0) is 26.5. The number of aryl methyl sites for hydroxylation is 2. The lowest BCUT2D eigenvalue weighted by Crippen LogP contribution is -2.45. The predicted molar refractivity (Wildman–Crippen MR) is 134 cm³/mol. The Hall–Kier alpha value is -3.40. The molecule has 5 rings (SSSR count). The molecule has 1 saturated heterocycles. The fourth-order valence-corrected chi connectivity index (χ4v) is 6.03. The molecule has 0 spiro atoms. The fourth-order valence-electron chi connectivity index (χ4n) is 5.13. The third kappa shape index (κ3) is 4.94. The minimum Gasteiger partial charge on any atom is -0.496 e. The van der Waals surface area contributed by atoms with Gasteiger partial charge in [-0.1, -0.05) is 29.8 Å². The number of thiazole rings is 1. The van der Waals surface area contributed by atoms with E-state index >= 15 is 0 Å². The normalized spacial score (nSPS) is 20.5. The zero-order valence-corrected chi connectivity index (χ0v) is 21.4. The molecule has 3 atom stereocenters. The Kier molecular flexibility index (Phi) is 6.47. The van der Waals surface area contributed by atoms with Crippen molar-refractivity contribution in [3.05, 3.63) is 69.9 Å². The molecule has 1 aliphatic heterocycles. The molecule has 2 fully saturated rings. The molecule has 194 valence electrons. The number of alkyl halides is 3. The monoisotopic (exact) mass is 529 g/mol. The fraction of sp³-hybridized carbons (Fsp3) is 0.370. The van der Waals surface area contributed by atoms with E-state index in [4.69, 9.17) is 4.74 Å². The van der Waals surface area contributed by atoms with Crippen LogP contribution < -0.4 is 10.1 Å². The van der Waals surface area contributed by atoms with E-state index in [1.165, 1.54) is 17.4 Å². The summed E-state index contributed by atoms with van der Waals surface area (Å²) in [5, 5.41) is 3.54. The summed E-state index contributed by atoms with van der Waals surface area (Å²) >= 11 is 1.47. The van der Waals surface area contributed by atoms with Gasteiger partial charge in [0.25, 0.3) is 11.8 Å². The van der Waals surface area contributed by atoms with E-state index < -0.39 is 17.6 Å². The van der Waals surface area contributed by atoms with Crippen LogP contribution in [0.1, 0.15) is 43.4 Å². The van der Waals surface area contributed by atoms with E-state index in [0.717, 1.165) is 46.7 Å². The Morgan fingerprint density at radius 2 is 1.97 bits per heavy atom. The standard InChI is InChI=1S/C27H26F3N3O3S/c1-14-5-4-6-16(9-14)24-23(32-15(2)37-24)26(35)33-13-18-10-19(18)21(33)12-31-25(34)17-7-8-22(36-3)20(11-17)27(28,29)30/h4-9,11,18-19,21H,10,12-13H2,1-3H3,(H,31,34)/t18-,19-,21+/m0/s1. The molecule has 0 radical (unpaired) electrons. The number of hydrogen-bond acceptors (Lipinski definition) is 5. The van der Waals surface area contributed by atoms with Gasteiger partial charge in [-0.2, -0.15) is 13.2 Å². The van der Waals surface area contributed by atoms with Crippen molar-refractivity contribution in [1.82, 2.24) is 15.2 Å². The Labute approximate surface area is 216 Å². The average Bonchev–Trinajstić information content (AvgIpc) is 3.37. The maximum atomic E-state index is 13.7. The van der Waals surface area contributed by atoms with Crippen molar-refractivity contribution in [2.24, 2.45) is 11.8 Å². The van der Waals surface area contributed by atoms with Crippen molar-refractivity contribution < 1.29 is 27.5 Å². The number of hydrogen-bond donors (Lipinski definition) is 1. The molecule has 37 heavy (non-hydrogen) atoms. The van der Waals surface area contributed by atoms with E-state index in [9.17, 15) is 22.8 Å². The Bertz CT molecular complexity index is 1370. The third-order valence-electron chi connectivity index (χ3n) is 7.02. The molecule has 0 bridgehead atoms. The van der Waals surface area contributed by atoms with E-state index in [1.807, 2.05) is 38.1 Å². The predicted octanol–water partition coefficient (Wildman–Crippen LogP) is 5.34. The highest BCUT2D eigenvalue weighted by Crippen LogP contribution is 2.50. The van der Waals surface area contributed by atoms with E-state index in [0.29, 0.717) is 18.2 Å². The number of amides is 2. The topological polar surface area (TPSA) is 71.5 Å². The molecule has 2 aliphatic rings. The van der Waals surface area contributed by atoms with Crippen LogP contribution in [0.5, 0.6) is 5.75 Å². The first kappa shape index (κ1) is 25.3. The van der Waals surface area contributed by atoms with Crippen LogP contribution in [-0.2, 0) is 6.18 Å². The lowest BCUT2D eigenvalue weighted by atomic mass is 10.1. The number of benzene rings is 2. The van der Waals surface area contributed by atoms with Crippen molar-refractivity contribution in [3.8, 4) is 16.2 Å². The molecule has 1 saturated carbocycles. The van der Waals surface area contributed by atoms with Gasteiger partial charge >= 0.3 is 6.18 Å². The number of nitrogens with one attached hydrogen (secondary N) is 1. The molecule has 6 nitrogen and oxygen atoms in total. The van der Waals surface area contributed by atoms with Crippen molar-refractivity contribution in [3.63, 3.8) is 0 Å². The van der Waals surface area contributed by atoms with Gasteiger partial charge in [-0.15, -0.1) is 11.3 Å². The maximum absolute atomic E-state index is 13.7. The van der Waals surface area contributed by atoms with Gasteiger partial charge in [0.1, 0.15) is 11.4 Å². The number of fused-ring (bicyclic) bond motifs is 1. The lowest BCUT2D eigenvalue weighted by Gasteiger charge is -2.27. The summed E-state index contributed by atoms with van der Waals surface area (Å²) in [4.78, 5) is 33.6. The largest absolute Gasteiger partial charge is 0.496 e. The Balaban J connectivity index is 1.34. The van der Waals surface area contributed by atoms with Crippen molar-refractivity contribution >= 4 is 23.2 Å². The van der Waals surface area contributed by atoms with E-state index in [2.05, 4.69) is 10.3 Å². The maximum Gasteiger partial charge on any atom is 0.419 e. The number of methoxy groups -OCH3 is 1. The summed E-state index contributed by atoms with van der Waals surface area (Å²) < 4.78 is 45.0. The number of likely N-dealkylation sites (tertiary alicyclic amines) is 1. The number of ether oxygens (including phenoxy) is 1. The van der Waals surface area contributed by atoms with Gasteiger partial charge in [0.15, 0.2) is 0 Å². The van der Waals surface area contributed by atoms with Gasteiger partial charge < -0.3 is 15.0 Å². The Morgan fingerprint density at radius 1 is 1.19 bits per heavy atom. The second-order valence-electron chi connectivity index (χ2n) is 9.59. The van der Waals surface area contributed by atoms with Crippen LogP contribution in [0.25, 0.3) is 10.4 Å². The Morgan fingerprint density at radius 3 is 2.68 bits per heavy atom. The van der Waals surface area contributed by atoms with Crippen LogP contribution in [0.3, 0.4) is 0 Å². The van der Waals surface area contributed by atoms with Crippen molar-refractivity contribution in [1.29, 1.82) is 0 Å². The van der Waals surface area contributed by atoms with Crippen LogP contribution in [0, 0.1) is 25.7 Å². The average molecular weight is 530 g/mol. The SMILES string of the molecule is COc1ccc(C(=O)NC[C@@H]2[C@H]3C[C@H]3CN2C(=O)c2nc(C)sc2-c2cccc(C)c2)cc1C(F)(F)F. The molecule has 1 aliphatic carbocycles. The van der Waals surface area contributed by atoms with Gasteiger partial charge in [0.2, 0.25) is 0 Å². The number of aromatic nitrogens is 1. The van der Waals surface area contributed by atoms with Crippen LogP contribution >= 0.6 is 11.3 Å². The van der Waals surface area contributed by atoms with Gasteiger partial charge in [-0.3, -0.25) is 9.59 Å². The molecule has 2 amide bonds. The third-order valence-corrected chi connectivity index (χ3v) is 8.04. The highest BCUT2D eigenvalue weighted by molar-refractivity contribution is 7.15. The first-order valence-corrected chi connectivity index (χ1v) is 12.8. The smallest absolute Gasteiger partial charge is 0.419 e. The van der Waals surface area contributed by atoms with Gasteiger partial charge in [0, 0.05) is 18.7 Å². The minimum atomic E-state index is -4.65. The van der Waals surface area contributed by atoms with E-state index in [1.54, 1.807) is 4.90 Å². The number of carbonyl (C=O) groups excluding carboxylic acids is 2. The van der Waals surface area contributed by atoms with Crippen LogP contribution in [-0.4, -0.2) is 47.9 Å². The second-order valence-corrected chi connectivity index (χ2v) is 10.8. The molecular formula is C27H26F3N3O3S. The number of rotatable bonds is 6. The second kappa shape index (κ2) is 9.48. The van der Waals surface area contributed by atoms with Gasteiger partial charge in [-0.05, 0) is 55.9 Å². The summed E-state index contributed by atoms with van der Waals surface area (Å²) in [5.74, 6) is -0.537. The van der Waals surface area contributed by atoms with Crippen molar-refractivity contribution in [2.45, 2.75) is 32.5 Å². The summed E-state index contributed by atoms with van der Waals surface area (Å²) in [6.07, 6.45) is -3.69. The van der Waals surface area contributed by atoms with Gasteiger partial charge in [-0.25, -0.2) is 4.98 Å². The molecule has 1 aromatic heterocycles. The lowest BCUT2D eigenvalue weighted by molar-refractivity contribution is -0.138. The van der Waals surface area contributed by atoms with Crippen LogP contribution in [0.4, 0.5) is 13.2 Å². The molecule has 2 heterocycles.